The zero-order valence-electron chi connectivity index (χ0n) is 10.0. The van der Waals surface area contributed by atoms with Crippen molar-refractivity contribution in [3.8, 4) is 11.4 Å². The van der Waals surface area contributed by atoms with Crippen LogP contribution in [0, 0.1) is 5.82 Å². The zero-order valence-corrected chi connectivity index (χ0v) is 10.0. The number of nitrogens with two attached hydrogens (primary N) is 1. The van der Waals surface area contributed by atoms with Crippen LogP contribution in [0.3, 0.4) is 0 Å². The summed E-state index contributed by atoms with van der Waals surface area (Å²) in [5.41, 5.74) is 3.71. The van der Waals surface area contributed by atoms with Crippen molar-refractivity contribution >= 4 is 5.69 Å². The molecule has 0 unspecified atom stereocenters. The molecule has 9 heteroatoms. The lowest BCUT2D eigenvalue weighted by Crippen LogP contribution is -2.36. The molecule has 2 N–H and O–H groups in total. The third-order valence-electron chi connectivity index (χ3n) is 3.38. The minimum Gasteiger partial charge on any atom is -0.398 e. The number of nitrogen functional groups attached to an aromatic ring is 1. The van der Waals surface area contributed by atoms with Crippen LogP contribution in [0.5, 0.6) is 0 Å². The molecule has 1 fully saturated rings. The van der Waals surface area contributed by atoms with Gasteiger partial charge in [-0.2, -0.15) is 13.2 Å². The van der Waals surface area contributed by atoms with Crippen molar-refractivity contribution in [3.05, 3.63) is 24.0 Å². The summed E-state index contributed by atoms with van der Waals surface area (Å²) in [5.74, 6) is -0.695. The number of tetrazole rings is 1. The second-order valence-electron chi connectivity index (χ2n) is 4.68. The average molecular weight is 287 g/mol. The first-order valence-corrected chi connectivity index (χ1v) is 5.76. The van der Waals surface area contributed by atoms with Crippen LogP contribution in [-0.2, 0) is 5.54 Å². The molecule has 106 valence electrons. The van der Waals surface area contributed by atoms with E-state index in [1.165, 1.54) is 6.07 Å². The van der Waals surface area contributed by atoms with Crippen molar-refractivity contribution in [1.29, 1.82) is 0 Å². The number of hydrogen-bond donors (Lipinski definition) is 1. The van der Waals surface area contributed by atoms with Gasteiger partial charge in [-0.1, -0.05) is 0 Å². The van der Waals surface area contributed by atoms with Crippen molar-refractivity contribution in [2.24, 2.45) is 0 Å². The smallest absolute Gasteiger partial charge is 0.398 e. The molecule has 0 bridgehead atoms. The second-order valence-corrected chi connectivity index (χ2v) is 4.68. The van der Waals surface area contributed by atoms with Crippen LogP contribution in [0.15, 0.2) is 18.2 Å². The summed E-state index contributed by atoms with van der Waals surface area (Å²) in [6.45, 7) is 0. The second kappa shape index (κ2) is 3.90. The summed E-state index contributed by atoms with van der Waals surface area (Å²) >= 11 is 0. The number of nitrogens with zero attached hydrogens (tertiary/aromatic N) is 4. The summed E-state index contributed by atoms with van der Waals surface area (Å²) in [4.78, 5) is 0. The Hall–Kier alpha value is -2.19. The Bertz CT molecular complexity index is 659. The van der Waals surface area contributed by atoms with Crippen molar-refractivity contribution in [2.45, 2.75) is 24.6 Å². The van der Waals surface area contributed by atoms with Crippen molar-refractivity contribution in [3.63, 3.8) is 0 Å². The van der Waals surface area contributed by atoms with Crippen LogP contribution in [0.1, 0.15) is 12.8 Å². The van der Waals surface area contributed by atoms with Crippen LogP contribution in [0.2, 0.25) is 0 Å². The van der Waals surface area contributed by atoms with Gasteiger partial charge in [0, 0.05) is 11.3 Å². The monoisotopic (exact) mass is 287 g/mol. The number of hydrogen-bond acceptors (Lipinski definition) is 4. The number of rotatable bonds is 2. The molecular weight excluding hydrogens is 278 g/mol. The van der Waals surface area contributed by atoms with Crippen molar-refractivity contribution < 1.29 is 17.6 Å². The maximum absolute atomic E-state index is 13.1. The highest BCUT2D eigenvalue weighted by atomic mass is 19.4. The molecule has 5 nitrogen and oxygen atoms in total. The van der Waals surface area contributed by atoms with E-state index < -0.39 is 17.5 Å². The Kier molecular flexibility index (Phi) is 2.50. The number of benzene rings is 1. The van der Waals surface area contributed by atoms with Gasteiger partial charge in [0.1, 0.15) is 5.82 Å². The average Bonchev–Trinajstić information content (AvgIpc) is 3.03. The molecule has 0 spiro atoms. The van der Waals surface area contributed by atoms with Crippen LogP contribution in [0.25, 0.3) is 11.4 Å². The molecule has 1 heterocycles. The van der Waals surface area contributed by atoms with Crippen LogP contribution < -0.4 is 5.73 Å². The number of anilines is 1. The lowest BCUT2D eigenvalue weighted by molar-refractivity contribution is -0.182. The molecule has 0 saturated heterocycles. The molecule has 0 aliphatic heterocycles. The SMILES string of the molecule is Nc1cc(F)ccc1-c1nnnn1C1(C(F)(F)F)CC1. The first kappa shape index (κ1) is 12.8. The Morgan fingerprint density at radius 3 is 2.50 bits per heavy atom. The van der Waals surface area contributed by atoms with Gasteiger partial charge in [0.15, 0.2) is 11.4 Å². The van der Waals surface area contributed by atoms with E-state index in [9.17, 15) is 17.6 Å². The van der Waals surface area contributed by atoms with E-state index in [0.29, 0.717) is 0 Å². The third-order valence-corrected chi connectivity index (χ3v) is 3.38. The molecule has 1 aromatic heterocycles. The highest BCUT2D eigenvalue weighted by molar-refractivity contribution is 5.71. The molecule has 20 heavy (non-hydrogen) atoms. The van der Waals surface area contributed by atoms with E-state index in [-0.39, 0.29) is 29.9 Å². The van der Waals surface area contributed by atoms with E-state index in [0.717, 1.165) is 16.8 Å². The van der Waals surface area contributed by atoms with E-state index in [2.05, 4.69) is 15.5 Å². The van der Waals surface area contributed by atoms with Gasteiger partial charge in [-0.3, -0.25) is 0 Å². The minimum atomic E-state index is -4.45. The molecule has 0 atom stereocenters. The van der Waals surface area contributed by atoms with Gasteiger partial charge in [0.05, 0.1) is 0 Å². The molecular formula is C11H9F4N5. The van der Waals surface area contributed by atoms with E-state index >= 15 is 0 Å². The van der Waals surface area contributed by atoms with Gasteiger partial charge in [-0.25, -0.2) is 9.07 Å². The van der Waals surface area contributed by atoms with Crippen molar-refractivity contribution in [1.82, 2.24) is 20.2 Å². The molecule has 3 rings (SSSR count). The van der Waals surface area contributed by atoms with Crippen molar-refractivity contribution in [2.75, 3.05) is 5.73 Å². The normalized spacial score (nSPS) is 17.2. The Labute approximate surface area is 110 Å². The van der Waals surface area contributed by atoms with Crippen LogP contribution >= 0.6 is 0 Å². The number of alkyl halides is 3. The predicted molar refractivity (Wildman–Crippen MR) is 60.9 cm³/mol. The lowest BCUT2D eigenvalue weighted by atomic mass is 10.1. The Balaban J connectivity index is 2.12. The fraction of sp³-hybridized carbons (Fsp3) is 0.364. The van der Waals surface area contributed by atoms with Crippen LogP contribution in [0.4, 0.5) is 23.2 Å². The van der Waals surface area contributed by atoms with Gasteiger partial charge >= 0.3 is 6.18 Å². The topological polar surface area (TPSA) is 69.6 Å². The lowest BCUT2D eigenvalue weighted by Gasteiger charge is -2.20. The molecule has 0 radical (unpaired) electrons. The molecule has 1 aliphatic rings. The molecule has 1 saturated carbocycles. The summed E-state index contributed by atoms with van der Waals surface area (Å²) in [7, 11) is 0. The highest BCUT2D eigenvalue weighted by Crippen LogP contribution is 2.56. The maximum atomic E-state index is 13.1. The predicted octanol–water partition coefficient (Wildman–Crippen LogP) is 2.11. The van der Waals surface area contributed by atoms with Gasteiger partial charge < -0.3 is 5.73 Å². The standard InChI is InChI=1S/C11H9F4N5/c12-6-1-2-7(8(16)5-6)9-17-18-19-20(9)10(3-4-10)11(13,14)15/h1-2,5H,3-4,16H2. The summed E-state index contributed by atoms with van der Waals surface area (Å²) in [5, 5.41) is 10.3. The molecule has 2 aromatic rings. The van der Waals surface area contributed by atoms with Gasteiger partial charge in [-0.15, -0.1) is 5.10 Å². The van der Waals surface area contributed by atoms with Crippen LogP contribution in [-0.4, -0.2) is 26.4 Å². The first-order valence-electron chi connectivity index (χ1n) is 5.76. The quantitative estimate of drug-likeness (QED) is 0.678. The highest BCUT2D eigenvalue weighted by Gasteiger charge is 2.66. The Morgan fingerprint density at radius 1 is 1.25 bits per heavy atom. The molecule has 1 aromatic carbocycles. The zero-order chi connectivity index (χ0) is 14.5. The van der Waals surface area contributed by atoms with Gasteiger partial charge in [0.25, 0.3) is 0 Å². The fourth-order valence-corrected chi connectivity index (χ4v) is 2.11. The first-order chi connectivity index (χ1) is 9.35. The minimum absolute atomic E-state index is 0.0148. The summed E-state index contributed by atoms with van der Waals surface area (Å²) in [6.07, 6.45) is -4.63. The summed E-state index contributed by atoms with van der Waals surface area (Å²) in [6, 6.07) is 3.37. The Morgan fingerprint density at radius 2 is 1.95 bits per heavy atom. The number of halogens is 4. The van der Waals surface area contributed by atoms with Gasteiger partial charge in [-0.05, 0) is 41.5 Å². The fourth-order valence-electron chi connectivity index (χ4n) is 2.11. The van der Waals surface area contributed by atoms with Gasteiger partial charge in [0.2, 0.25) is 0 Å². The van der Waals surface area contributed by atoms with E-state index in [1.807, 2.05) is 0 Å². The maximum Gasteiger partial charge on any atom is 0.413 e. The van der Waals surface area contributed by atoms with E-state index in [1.54, 1.807) is 0 Å². The van der Waals surface area contributed by atoms with E-state index in [4.69, 9.17) is 5.73 Å². The molecule has 0 amide bonds. The molecule has 1 aliphatic carbocycles. The number of aromatic nitrogens is 4. The summed E-state index contributed by atoms with van der Waals surface area (Å²) < 4.78 is 53.1. The third kappa shape index (κ3) is 1.73. The largest absolute Gasteiger partial charge is 0.413 e.